The van der Waals surface area contributed by atoms with E-state index in [1.54, 1.807) is 40.1 Å². The topological polar surface area (TPSA) is 101 Å². The van der Waals surface area contributed by atoms with Gasteiger partial charge < -0.3 is 14.2 Å². The largest absolute Gasteiger partial charge is 0.459 e. The molecule has 4 rings (SSSR count). The number of hydrogen-bond donors (Lipinski definition) is 0. The highest BCUT2D eigenvalue weighted by Gasteiger charge is 2.27. The second kappa shape index (κ2) is 8.11. The Morgan fingerprint density at radius 1 is 0.833 bits per heavy atom. The first-order valence-electron chi connectivity index (χ1n) is 9.35. The van der Waals surface area contributed by atoms with E-state index in [1.807, 2.05) is 0 Å². The lowest BCUT2D eigenvalue weighted by Gasteiger charge is -2.34. The van der Waals surface area contributed by atoms with Gasteiger partial charge in [-0.15, -0.1) is 0 Å². The van der Waals surface area contributed by atoms with E-state index < -0.39 is 9.84 Å². The number of carbonyl (C=O) groups excluding carboxylic acids is 2. The van der Waals surface area contributed by atoms with Crippen molar-refractivity contribution in [3.8, 4) is 0 Å². The summed E-state index contributed by atoms with van der Waals surface area (Å²) in [6.07, 6.45) is 2.72. The van der Waals surface area contributed by atoms with Gasteiger partial charge in [-0.3, -0.25) is 9.59 Å². The predicted molar refractivity (Wildman–Crippen MR) is 107 cm³/mol. The fraction of sp³-hybridized carbons (Fsp3) is 0.190. The SMILES string of the molecule is O=C(c1ccc(S(=O)(=O)c2ccccc2)nc1)N1CCN(C(=O)c2ccco2)CC1. The molecule has 9 heteroatoms. The molecule has 30 heavy (non-hydrogen) atoms. The lowest BCUT2D eigenvalue weighted by Crippen LogP contribution is -2.50. The quantitative estimate of drug-likeness (QED) is 0.635. The summed E-state index contributed by atoms with van der Waals surface area (Å²) >= 11 is 0. The Kier molecular flexibility index (Phi) is 5.37. The van der Waals surface area contributed by atoms with E-state index in [1.165, 1.54) is 36.7 Å². The van der Waals surface area contributed by atoms with Crippen LogP contribution in [0.1, 0.15) is 20.9 Å². The monoisotopic (exact) mass is 425 g/mol. The van der Waals surface area contributed by atoms with Crippen molar-refractivity contribution >= 4 is 21.7 Å². The molecule has 0 unspecified atom stereocenters. The molecule has 0 bridgehead atoms. The number of carbonyl (C=O) groups is 2. The van der Waals surface area contributed by atoms with Gasteiger partial charge in [-0.2, -0.15) is 0 Å². The van der Waals surface area contributed by atoms with Gasteiger partial charge in [0.05, 0.1) is 16.7 Å². The Morgan fingerprint density at radius 2 is 1.50 bits per heavy atom. The molecule has 0 spiro atoms. The number of sulfone groups is 1. The Bertz CT molecular complexity index is 1140. The number of furan rings is 1. The van der Waals surface area contributed by atoms with Gasteiger partial charge in [-0.25, -0.2) is 13.4 Å². The van der Waals surface area contributed by atoms with E-state index in [-0.39, 0.29) is 27.5 Å². The van der Waals surface area contributed by atoms with Crippen LogP contribution in [0, 0.1) is 0 Å². The van der Waals surface area contributed by atoms with Crippen molar-refractivity contribution in [2.24, 2.45) is 0 Å². The third-order valence-corrected chi connectivity index (χ3v) is 6.58. The fourth-order valence-electron chi connectivity index (χ4n) is 3.24. The number of aromatic nitrogens is 1. The molecular weight excluding hydrogens is 406 g/mol. The first kappa shape index (κ1) is 19.8. The molecule has 1 aliphatic rings. The van der Waals surface area contributed by atoms with Gasteiger partial charge in [-0.1, -0.05) is 18.2 Å². The molecule has 0 aliphatic carbocycles. The molecule has 0 N–H and O–H groups in total. The molecule has 1 aliphatic heterocycles. The van der Waals surface area contributed by atoms with Crippen molar-refractivity contribution in [2.75, 3.05) is 26.2 Å². The molecule has 2 aromatic heterocycles. The van der Waals surface area contributed by atoms with E-state index in [9.17, 15) is 18.0 Å². The number of pyridine rings is 1. The summed E-state index contributed by atoms with van der Waals surface area (Å²) in [5, 5.41) is -0.112. The Morgan fingerprint density at radius 3 is 2.07 bits per heavy atom. The fourth-order valence-corrected chi connectivity index (χ4v) is 4.43. The first-order valence-corrected chi connectivity index (χ1v) is 10.8. The summed E-state index contributed by atoms with van der Waals surface area (Å²) in [5.41, 5.74) is 0.299. The van der Waals surface area contributed by atoms with Gasteiger partial charge in [0.15, 0.2) is 10.8 Å². The summed E-state index contributed by atoms with van der Waals surface area (Å²) in [6.45, 7) is 1.52. The van der Waals surface area contributed by atoms with Gasteiger partial charge in [0.2, 0.25) is 9.84 Å². The number of benzene rings is 1. The van der Waals surface area contributed by atoms with Crippen molar-refractivity contribution in [2.45, 2.75) is 9.92 Å². The normalized spacial score (nSPS) is 14.5. The van der Waals surface area contributed by atoms with Crippen LogP contribution in [0.5, 0.6) is 0 Å². The maximum absolute atomic E-state index is 12.8. The summed E-state index contributed by atoms with van der Waals surface area (Å²) < 4.78 is 30.4. The van der Waals surface area contributed by atoms with Gasteiger partial charge in [0, 0.05) is 32.4 Å². The van der Waals surface area contributed by atoms with E-state index in [0.717, 1.165) is 0 Å². The van der Waals surface area contributed by atoms with Crippen LogP contribution < -0.4 is 0 Å². The molecular formula is C21H19N3O5S. The molecule has 3 aromatic rings. The van der Waals surface area contributed by atoms with E-state index in [2.05, 4.69) is 4.98 Å². The van der Waals surface area contributed by atoms with Crippen molar-refractivity contribution in [3.63, 3.8) is 0 Å². The Labute approximate surface area is 173 Å². The Balaban J connectivity index is 1.42. The zero-order valence-electron chi connectivity index (χ0n) is 16.0. The number of piperazine rings is 1. The Hall–Kier alpha value is -3.46. The maximum atomic E-state index is 12.8. The third-order valence-electron chi connectivity index (χ3n) is 4.90. The van der Waals surface area contributed by atoms with Gasteiger partial charge in [-0.05, 0) is 36.4 Å². The molecule has 0 radical (unpaired) electrons. The second-order valence-electron chi connectivity index (χ2n) is 6.76. The average molecular weight is 425 g/mol. The van der Waals surface area contributed by atoms with Crippen LogP contribution in [0.2, 0.25) is 0 Å². The summed E-state index contributed by atoms with van der Waals surface area (Å²) in [5.74, 6) is -0.185. The summed E-state index contributed by atoms with van der Waals surface area (Å²) in [4.78, 5) is 32.5. The van der Waals surface area contributed by atoms with Crippen molar-refractivity contribution in [1.29, 1.82) is 0 Å². The number of amides is 2. The third kappa shape index (κ3) is 3.84. The van der Waals surface area contributed by atoms with Crippen LogP contribution in [-0.2, 0) is 9.84 Å². The van der Waals surface area contributed by atoms with Crippen molar-refractivity contribution in [3.05, 3.63) is 78.4 Å². The summed E-state index contributed by atoms with van der Waals surface area (Å²) in [6, 6.07) is 14.1. The standard InChI is InChI=1S/C21H19N3O5S/c25-20(23-10-12-24(13-11-23)21(26)18-7-4-14-29-18)16-8-9-19(22-15-16)30(27,28)17-5-2-1-3-6-17/h1-9,14-15H,10-13H2. The molecule has 1 fully saturated rings. The van der Waals surface area contributed by atoms with Crippen LogP contribution in [0.3, 0.4) is 0 Å². The van der Waals surface area contributed by atoms with Crippen LogP contribution in [0.25, 0.3) is 0 Å². The lowest BCUT2D eigenvalue weighted by atomic mass is 10.2. The van der Waals surface area contributed by atoms with Crippen molar-refractivity contribution < 1.29 is 22.4 Å². The zero-order chi connectivity index (χ0) is 21.1. The second-order valence-corrected chi connectivity index (χ2v) is 8.66. The van der Waals surface area contributed by atoms with Crippen LogP contribution in [0.4, 0.5) is 0 Å². The number of nitrogens with zero attached hydrogens (tertiary/aromatic N) is 3. The molecule has 0 saturated carbocycles. The molecule has 1 saturated heterocycles. The molecule has 2 amide bonds. The van der Waals surface area contributed by atoms with Gasteiger partial charge in [0.1, 0.15) is 0 Å². The highest BCUT2D eigenvalue weighted by atomic mass is 32.2. The zero-order valence-corrected chi connectivity index (χ0v) is 16.8. The van der Waals surface area contributed by atoms with Crippen LogP contribution >= 0.6 is 0 Å². The number of rotatable bonds is 4. The highest BCUT2D eigenvalue weighted by Crippen LogP contribution is 2.19. The molecule has 0 atom stereocenters. The minimum absolute atomic E-state index is 0.112. The minimum atomic E-state index is -3.73. The molecule has 8 nitrogen and oxygen atoms in total. The van der Waals surface area contributed by atoms with Gasteiger partial charge >= 0.3 is 0 Å². The smallest absolute Gasteiger partial charge is 0.289 e. The first-order chi connectivity index (χ1) is 14.5. The van der Waals surface area contributed by atoms with Crippen molar-refractivity contribution in [1.82, 2.24) is 14.8 Å². The van der Waals surface area contributed by atoms with Gasteiger partial charge in [0.25, 0.3) is 11.8 Å². The minimum Gasteiger partial charge on any atom is -0.459 e. The van der Waals surface area contributed by atoms with E-state index in [0.29, 0.717) is 31.7 Å². The highest BCUT2D eigenvalue weighted by molar-refractivity contribution is 7.91. The molecule has 1 aromatic carbocycles. The summed E-state index contributed by atoms with van der Waals surface area (Å²) in [7, 11) is -3.73. The van der Waals surface area contributed by atoms with Crippen LogP contribution in [0.15, 0.2) is 81.4 Å². The van der Waals surface area contributed by atoms with E-state index in [4.69, 9.17) is 4.42 Å². The maximum Gasteiger partial charge on any atom is 0.289 e. The lowest BCUT2D eigenvalue weighted by molar-refractivity contribution is 0.0518. The van der Waals surface area contributed by atoms with Crippen LogP contribution in [-0.4, -0.2) is 61.2 Å². The molecule has 154 valence electrons. The molecule has 3 heterocycles. The average Bonchev–Trinajstić information content (AvgIpc) is 3.34. The number of hydrogen-bond acceptors (Lipinski definition) is 6. The van der Waals surface area contributed by atoms with E-state index >= 15 is 0 Å². The predicted octanol–water partition coefficient (Wildman–Crippen LogP) is 2.11.